The van der Waals surface area contributed by atoms with Gasteiger partial charge in [0.05, 0.1) is 0 Å². The molecule has 1 heterocycles. The lowest BCUT2D eigenvalue weighted by Crippen LogP contribution is -2.30. The van der Waals surface area contributed by atoms with Crippen molar-refractivity contribution in [1.82, 2.24) is 5.32 Å². The Bertz CT molecular complexity index is 322. The van der Waals surface area contributed by atoms with Crippen LogP contribution in [0.3, 0.4) is 0 Å². The maximum atomic E-state index is 3.58. The molecule has 0 spiro atoms. The number of hydrogen-bond acceptors (Lipinski definition) is 2. The van der Waals surface area contributed by atoms with E-state index in [2.05, 4.69) is 48.7 Å². The lowest BCUT2D eigenvalue weighted by atomic mass is 10.0. The van der Waals surface area contributed by atoms with Crippen molar-refractivity contribution < 1.29 is 0 Å². The smallest absolute Gasteiger partial charge is 0.0376 e. The van der Waals surface area contributed by atoms with Crippen LogP contribution >= 0.6 is 0 Å². The normalized spacial score (nSPS) is 20.8. The molecule has 2 unspecified atom stereocenters. The van der Waals surface area contributed by atoms with Crippen LogP contribution in [0.2, 0.25) is 0 Å². The molecule has 0 radical (unpaired) electrons. The second-order valence-electron chi connectivity index (χ2n) is 4.38. The number of rotatable bonds is 4. The van der Waals surface area contributed by atoms with E-state index >= 15 is 0 Å². The summed E-state index contributed by atoms with van der Waals surface area (Å²) in [5.41, 5.74) is 2.78. The molecule has 2 N–H and O–H groups in total. The lowest BCUT2D eigenvalue weighted by molar-refractivity contribution is 0.507. The van der Waals surface area contributed by atoms with Gasteiger partial charge in [0.15, 0.2) is 0 Å². The van der Waals surface area contributed by atoms with Crippen LogP contribution in [0.25, 0.3) is 0 Å². The van der Waals surface area contributed by atoms with Gasteiger partial charge < -0.3 is 10.6 Å². The summed E-state index contributed by atoms with van der Waals surface area (Å²) in [6.45, 7) is 6.62. The average molecular weight is 204 g/mol. The van der Waals surface area contributed by atoms with Crippen LogP contribution in [0.1, 0.15) is 31.7 Å². The Labute approximate surface area is 92.1 Å². The molecular formula is C13H20N2. The molecule has 2 nitrogen and oxygen atoms in total. The van der Waals surface area contributed by atoms with E-state index in [4.69, 9.17) is 0 Å². The van der Waals surface area contributed by atoms with Crippen molar-refractivity contribution in [2.45, 2.75) is 32.2 Å². The molecule has 2 rings (SSSR count). The van der Waals surface area contributed by atoms with Gasteiger partial charge in [-0.15, -0.1) is 0 Å². The van der Waals surface area contributed by atoms with E-state index in [0.717, 1.165) is 13.1 Å². The topological polar surface area (TPSA) is 24.1 Å². The maximum absolute atomic E-state index is 3.58. The number of para-hydroxylation sites is 1. The summed E-state index contributed by atoms with van der Waals surface area (Å²) in [6, 6.07) is 9.24. The largest absolute Gasteiger partial charge is 0.384 e. The first kappa shape index (κ1) is 10.5. The fourth-order valence-corrected chi connectivity index (χ4v) is 2.03. The van der Waals surface area contributed by atoms with E-state index in [-0.39, 0.29) is 0 Å². The van der Waals surface area contributed by atoms with Gasteiger partial charge in [0.2, 0.25) is 0 Å². The molecule has 15 heavy (non-hydrogen) atoms. The van der Waals surface area contributed by atoms with E-state index in [1.165, 1.54) is 17.7 Å². The molecule has 0 amide bonds. The Morgan fingerprint density at radius 2 is 2.27 bits per heavy atom. The molecule has 1 aliphatic rings. The van der Waals surface area contributed by atoms with Gasteiger partial charge in [-0.05, 0) is 25.0 Å². The van der Waals surface area contributed by atoms with Gasteiger partial charge >= 0.3 is 0 Å². The second-order valence-corrected chi connectivity index (χ2v) is 4.38. The van der Waals surface area contributed by atoms with E-state index in [9.17, 15) is 0 Å². The van der Waals surface area contributed by atoms with Crippen molar-refractivity contribution in [3.05, 3.63) is 29.8 Å². The quantitative estimate of drug-likeness (QED) is 0.787. The summed E-state index contributed by atoms with van der Waals surface area (Å²) in [5, 5.41) is 7.03. The van der Waals surface area contributed by atoms with E-state index in [1.54, 1.807) is 0 Å². The van der Waals surface area contributed by atoms with Gasteiger partial charge in [-0.2, -0.15) is 0 Å². The molecule has 1 aromatic rings. The van der Waals surface area contributed by atoms with E-state index in [0.29, 0.717) is 12.0 Å². The first-order valence-electron chi connectivity index (χ1n) is 5.87. The Kier molecular flexibility index (Phi) is 3.27. The third-order valence-corrected chi connectivity index (χ3v) is 3.26. The van der Waals surface area contributed by atoms with Crippen molar-refractivity contribution in [2.24, 2.45) is 0 Å². The molecule has 0 fully saturated rings. The predicted octanol–water partition coefficient (Wildman–Crippen LogP) is 2.58. The van der Waals surface area contributed by atoms with Crippen LogP contribution in [0, 0.1) is 0 Å². The number of anilines is 1. The standard InChI is InChI=1S/C13H20N2/c1-3-10(2)14-8-11-9-15-13-7-5-4-6-12(11)13/h4-7,10-11,14-15H,3,8-9H2,1-2H3. The highest BCUT2D eigenvalue weighted by Crippen LogP contribution is 2.30. The summed E-state index contributed by atoms with van der Waals surface area (Å²) >= 11 is 0. The van der Waals surface area contributed by atoms with Crippen LogP contribution < -0.4 is 10.6 Å². The second kappa shape index (κ2) is 4.67. The van der Waals surface area contributed by atoms with E-state index < -0.39 is 0 Å². The Balaban J connectivity index is 1.96. The number of fused-ring (bicyclic) bond motifs is 1. The maximum Gasteiger partial charge on any atom is 0.0376 e. The molecule has 82 valence electrons. The van der Waals surface area contributed by atoms with Crippen molar-refractivity contribution in [2.75, 3.05) is 18.4 Å². The number of nitrogens with one attached hydrogen (secondary N) is 2. The van der Waals surface area contributed by atoms with Crippen molar-refractivity contribution in [1.29, 1.82) is 0 Å². The molecule has 2 heteroatoms. The van der Waals surface area contributed by atoms with Gasteiger partial charge in [0, 0.05) is 30.7 Å². The molecule has 0 bridgehead atoms. The van der Waals surface area contributed by atoms with Crippen molar-refractivity contribution >= 4 is 5.69 Å². The Morgan fingerprint density at radius 3 is 3.07 bits per heavy atom. The molecule has 0 saturated heterocycles. The van der Waals surface area contributed by atoms with Crippen LogP contribution in [0.5, 0.6) is 0 Å². The summed E-state index contributed by atoms with van der Waals surface area (Å²) in [4.78, 5) is 0. The van der Waals surface area contributed by atoms with Crippen LogP contribution in [0.15, 0.2) is 24.3 Å². The van der Waals surface area contributed by atoms with Gasteiger partial charge in [0.1, 0.15) is 0 Å². The van der Waals surface area contributed by atoms with E-state index in [1.807, 2.05) is 0 Å². The van der Waals surface area contributed by atoms with Crippen LogP contribution in [0.4, 0.5) is 5.69 Å². The zero-order chi connectivity index (χ0) is 10.7. The minimum absolute atomic E-state index is 0.623. The molecule has 0 aliphatic carbocycles. The molecule has 1 aromatic carbocycles. The fourth-order valence-electron chi connectivity index (χ4n) is 2.03. The summed E-state index contributed by atoms with van der Waals surface area (Å²) in [7, 11) is 0. The fraction of sp³-hybridized carbons (Fsp3) is 0.538. The van der Waals surface area contributed by atoms with Gasteiger partial charge in [0.25, 0.3) is 0 Å². The zero-order valence-corrected chi connectivity index (χ0v) is 9.59. The lowest BCUT2D eigenvalue weighted by Gasteiger charge is -2.15. The zero-order valence-electron chi connectivity index (χ0n) is 9.59. The van der Waals surface area contributed by atoms with Crippen LogP contribution in [-0.2, 0) is 0 Å². The summed E-state index contributed by atoms with van der Waals surface area (Å²) in [6.07, 6.45) is 1.20. The SMILES string of the molecule is CCC(C)NCC1CNc2ccccc21. The third-order valence-electron chi connectivity index (χ3n) is 3.26. The molecule has 1 aliphatic heterocycles. The Morgan fingerprint density at radius 1 is 1.47 bits per heavy atom. The number of benzene rings is 1. The molecule has 2 atom stereocenters. The highest BCUT2D eigenvalue weighted by molar-refractivity contribution is 5.57. The first-order valence-corrected chi connectivity index (χ1v) is 5.87. The van der Waals surface area contributed by atoms with Crippen molar-refractivity contribution in [3.63, 3.8) is 0 Å². The molecule has 0 saturated carbocycles. The molecular weight excluding hydrogens is 184 g/mol. The third kappa shape index (κ3) is 2.32. The first-order chi connectivity index (χ1) is 7.31. The number of hydrogen-bond donors (Lipinski definition) is 2. The van der Waals surface area contributed by atoms with Crippen LogP contribution in [-0.4, -0.2) is 19.1 Å². The summed E-state index contributed by atoms with van der Waals surface area (Å²) in [5.74, 6) is 0.634. The Hall–Kier alpha value is -1.02. The highest BCUT2D eigenvalue weighted by atomic mass is 15.0. The van der Waals surface area contributed by atoms with Gasteiger partial charge in [-0.1, -0.05) is 25.1 Å². The highest BCUT2D eigenvalue weighted by Gasteiger charge is 2.21. The minimum atomic E-state index is 0.623. The van der Waals surface area contributed by atoms with Gasteiger partial charge in [-0.25, -0.2) is 0 Å². The molecule has 0 aromatic heterocycles. The van der Waals surface area contributed by atoms with Gasteiger partial charge in [-0.3, -0.25) is 0 Å². The monoisotopic (exact) mass is 204 g/mol. The summed E-state index contributed by atoms with van der Waals surface area (Å²) < 4.78 is 0. The van der Waals surface area contributed by atoms with Crippen molar-refractivity contribution in [3.8, 4) is 0 Å². The average Bonchev–Trinajstić information content (AvgIpc) is 2.69. The predicted molar refractivity (Wildman–Crippen MR) is 65.4 cm³/mol. The minimum Gasteiger partial charge on any atom is -0.384 e.